The quantitative estimate of drug-likeness (QED) is 0.521. The molecule has 2 atom stereocenters. The van der Waals surface area contributed by atoms with Crippen molar-refractivity contribution in [2.75, 3.05) is 18.5 Å². The number of carbonyl (C=O) groups is 1. The predicted molar refractivity (Wildman–Crippen MR) is 113 cm³/mol. The Kier molecular flexibility index (Phi) is 8.56. The van der Waals surface area contributed by atoms with Gasteiger partial charge < -0.3 is 20.7 Å². The van der Waals surface area contributed by atoms with Crippen LogP contribution in [0.1, 0.15) is 12.0 Å². The molecule has 1 unspecified atom stereocenters. The lowest BCUT2D eigenvalue weighted by molar-refractivity contribution is -0.120. The van der Waals surface area contributed by atoms with E-state index in [0.29, 0.717) is 18.5 Å². The van der Waals surface area contributed by atoms with Gasteiger partial charge in [-0.15, -0.1) is 24.8 Å². The average molecular weight is 411 g/mol. The SMILES string of the molecule is CN(C(=O)[C@@H]1CC(Oc2ccccc2)CN1)c1ccc(C(=N)N)cc1.Cl.Cl. The zero-order valence-electron chi connectivity index (χ0n) is 14.9. The molecule has 2 aromatic rings. The summed E-state index contributed by atoms with van der Waals surface area (Å²) < 4.78 is 5.91. The first-order valence-electron chi connectivity index (χ1n) is 8.21. The van der Waals surface area contributed by atoms with Crippen LogP contribution in [-0.2, 0) is 4.79 Å². The summed E-state index contributed by atoms with van der Waals surface area (Å²) in [4.78, 5) is 14.3. The highest BCUT2D eigenvalue weighted by molar-refractivity contribution is 5.98. The molecule has 0 radical (unpaired) electrons. The number of ether oxygens (including phenoxy) is 1. The number of anilines is 1. The van der Waals surface area contributed by atoms with Gasteiger partial charge >= 0.3 is 0 Å². The number of carbonyl (C=O) groups excluding carboxylic acids is 1. The molecule has 1 heterocycles. The predicted octanol–water partition coefficient (Wildman–Crippen LogP) is 2.59. The van der Waals surface area contributed by atoms with Crippen molar-refractivity contribution >= 4 is 42.2 Å². The highest BCUT2D eigenvalue weighted by Gasteiger charge is 2.32. The normalized spacial score (nSPS) is 18.0. The standard InChI is InChI=1S/C19H22N4O2.2ClH/c1-23(14-9-7-13(8-10-14)18(20)21)19(24)17-11-16(12-22-17)25-15-5-3-2-4-6-15;;/h2-10,16-17,22H,11-12H2,1H3,(H3,20,21);2*1H/t16?,17-;;/m0../s1. The van der Waals surface area contributed by atoms with Gasteiger partial charge in [0.25, 0.3) is 0 Å². The Morgan fingerprint density at radius 3 is 2.37 bits per heavy atom. The Hall–Kier alpha value is -2.28. The van der Waals surface area contributed by atoms with Gasteiger partial charge in [0.1, 0.15) is 17.7 Å². The van der Waals surface area contributed by atoms with Gasteiger partial charge in [0, 0.05) is 31.3 Å². The van der Waals surface area contributed by atoms with Crippen LogP contribution < -0.4 is 20.7 Å². The van der Waals surface area contributed by atoms with E-state index in [1.54, 1.807) is 36.2 Å². The maximum Gasteiger partial charge on any atom is 0.244 e. The van der Waals surface area contributed by atoms with Crippen molar-refractivity contribution in [3.8, 4) is 5.75 Å². The van der Waals surface area contributed by atoms with Crippen LogP contribution in [0.15, 0.2) is 54.6 Å². The van der Waals surface area contributed by atoms with Gasteiger partial charge in [-0.05, 0) is 36.4 Å². The van der Waals surface area contributed by atoms with E-state index in [1.165, 1.54) is 0 Å². The molecule has 1 fully saturated rings. The molecule has 1 saturated heterocycles. The minimum absolute atomic E-state index is 0. The van der Waals surface area contributed by atoms with Gasteiger partial charge in [0.2, 0.25) is 5.91 Å². The van der Waals surface area contributed by atoms with Crippen molar-refractivity contribution in [2.24, 2.45) is 5.73 Å². The van der Waals surface area contributed by atoms with Crippen molar-refractivity contribution in [2.45, 2.75) is 18.6 Å². The van der Waals surface area contributed by atoms with Crippen LogP contribution in [0.25, 0.3) is 0 Å². The first-order valence-corrected chi connectivity index (χ1v) is 8.21. The molecular formula is C19H24Cl2N4O2. The maximum atomic E-state index is 12.7. The van der Waals surface area contributed by atoms with Gasteiger partial charge in [-0.25, -0.2) is 0 Å². The van der Waals surface area contributed by atoms with Gasteiger partial charge in [-0.3, -0.25) is 10.2 Å². The fourth-order valence-electron chi connectivity index (χ4n) is 2.90. The number of nitrogen functional groups attached to an aromatic ring is 1. The topological polar surface area (TPSA) is 91.4 Å². The molecule has 2 aromatic carbocycles. The number of para-hydroxylation sites is 1. The van der Waals surface area contributed by atoms with Gasteiger partial charge in [0.05, 0.1) is 6.04 Å². The number of halogens is 2. The summed E-state index contributed by atoms with van der Waals surface area (Å²) in [5, 5.41) is 10.7. The van der Waals surface area contributed by atoms with E-state index in [9.17, 15) is 4.79 Å². The largest absolute Gasteiger partial charge is 0.489 e. The second kappa shape index (κ2) is 10.2. The first kappa shape index (κ1) is 22.8. The highest BCUT2D eigenvalue weighted by atomic mass is 35.5. The van der Waals surface area contributed by atoms with E-state index in [0.717, 1.165) is 11.4 Å². The van der Waals surface area contributed by atoms with Crippen LogP contribution >= 0.6 is 24.8 Å². The van der Waals surface area contributed by atoms with E-state index in [-0.39, 0.29) is 48.7 Å². The van der Waals surface area contributed by atoms with Crippen LogP contribution in [0, 0.1) is 5.41 Å². The molecule has 27 heavy (non-hydrogen) atoms. The molecule has 8 heteroatoms. The summed E-state index contributed by atoms with van der Waals surface area (Å²) in [5.74, 6) is 0.823. The number of nitrogens with zero attached hydrogens (tertiary/aromatic N) is 1. The Morgan fingerprint density at radius 1 is 1.15 bits per heavy atom. The Labute approximate surface area is 171 Å². The maximum absolute atomic E-state index is 12.7. The third-order valence-electron chi connectivity index (χ3n) is 4.33. The minimum Gasteiger partial charge on any atom is -0.489 e. The monoisotopic (exact) mass is 410 g/mol. The summed E-state index contributed by atoms with van der Waals surface area (Å²) >= 11 is 0. The van der Waals surface area contributed by atoms with Crippen LogP contribution in [0.3, 0.4) is 0 Å². The number of likely N-dealkylation sites (N-methyl/N-ethyl adjacent to an activating group) is 1. The lowest BCUT2D eigenvalue weighted by Gasteiger charge is -2.21. The Balaban J connectivity index is 0.00000182. The van der Waals surface area contributed by atoms with Crippen LogP contribution in [0.4, 0.5) is 5.69 Å². The highest BCUT2D eigenvalue weighted by Crippen LogP contribution is 2.20. The van der Waals surface area contributed by atoms with E-state index in [1.807, 2.05) is 30.3 Å². The van der Waals surface area contributed by atoms with Gasteiger partial charge in [-0.1, -0.05) is 18.2 Å². The lowest BCUT2D eigenvalue weighted by Crippen LogP contribution is -2.41. The molecule has 1 aliphatic rings. The molecule has 1 amide bonds. The molecule has 0 aromatic heterocycles. The summed E-state index contributed by atoms with van der Waals surface area (Å²) in [6, 6.07) is 16.4. The zero-order chi connectivity index (χ0) is 17.8. The summed E-state index contributed by atoms with van der Waals surface area (Å²) in [6.07, 6.45) is 0.605. The molecule has 3 rings (SSSR count). The number of hydrogen-bond acceptors (Lipinski definition) is 4. The van der Waals surface area contributed by atoms with E-state index < -0.39 is 0 Å². The van der Waals surface area contributed by atoms with Crippen molar-refractivity contribution in [1.29, 1.82) is 5.41 Å². The van der Waals surface area contributed by atoms with Crippen molar-refractivity contribution in [3.63, 3.8) is 0 Å². The smallest absolute Gasteiger partial charge is 0.244 e. The van der Waals surface area contributed by atoms with Crippen LogP contribution in [0.5, 0.6) is 5.75 Å². The van der Waals surface area contributed by atoms with Crippen molar-refractivity contribution < 1.29 is 9.53 Å². The second-order valence-electron chi connectivity index (χ2n) is 6.11. The van der Waals surface area contributed by atoms with Crippen LogP contribution in [-0.4, -0.2) is 37.5 Å². The number of benzene rings is 2. The molecule has 0 aliphatic carbocycles. The fraction of sp³-hybridized carbons (Fsp3) is 0.263. The van der Waals surface area contributed by atoms with E-state index in [4.69, 9.17) is 15.9 Å². The zero-order valence-corrected chi connectivity index (χ0v) is 16.6. The molecule has 1 aliphatic heterocycles. The molecule has 0 saturated carbocycles. The molecular weight excluding hydrogens is 387 g/mol. The average Bonchev–Trinajstić information content (AvgIpc) is 3.10. The lowest BCUT2D eigenvalue weighted by atomic mass is 10.1. The second-order valence-corrected chi connectivity index (χ2v) is 6.11. The van der Waals surface area contributed by atoms with Crippen LogP contribution in [0.2, 0.25) is 0 Å². The molecule has 146 valence electrons. The fourth-order valence-corrected chi connectivity index (χ4v) is 2.90. The number of rotatable bonds is 5. The summed E-state index contributed by atoms with van der Waals surface area (Å²) in [5.41, 5.74) is 6.86. The number of hydrogen-bond donors (Lipinski definition) is 3. The van der Waals surface area contributed by atoms with E-state index in [2.05, 4.69) is 5.32 Å². The molecule has 6 nitrogen and oxygen atoms in total. The molecule has 4 N–H and O–H groups in total. The Bertz CT molecular complexity index is 756. The number of nitrogens with two attached hydrogens (primary N) is 1. The molecule has 0 spiro atoms. The van der Waals surface area contributed by atoms with E-state index >= 15 is 0 Å². The summed E-state index contributed by atoms with van der Waals surface area (Å²) in [7, 11) is 1.75. The van der Waals surface area contributed by atoms with Crippen molar-refractivity contribution in [1.82, 2.24) is 5.32 Å². The first-order chi connectivity index (χ1) is 12.0. The molecule has 0 bridgehead atoms. The van der Waals surface area contributed by atoms with Crippen molar-refractivity contribution in [3.05, 3.63) is 60.2 Å². The third kappa shape index (κ3) is 5.60. The van der Waals surface area contributed by atoms with Gasteiger partial charge in [-0.2, -0.15) is 0 Å². The minimum atomic E-state index is -0.272. The third-order valence-corrected chi connectivity index (χ3v) is 4.33. The summed E-state index contributed by atoms with van der Waals surface area (Å²) in [6.45, 7) is 0.641. The number of amidine groups is 1. The number of nitrogens with one attached hydrogen (secondary N) is 2. The number of amides is 1. The Morgan fingerprint density at radius 2 is 1.78 bits per heavy atom. The van der Waals surface area contributed by atoms with Gasteiger partial charge in [0.15, 0.2) is 0 Å².